The third kappa shape index (κ3) is 7.91. The van der Waals surface area contributed by atoms with E-state index in [1.54, 1.807) is 17.0 Å². The molecular weight excluding hydrogens is 412 g/mol. The van der Waals surface area contributed by atoms with Crippen molar-refractivity contribution < 1.29 is 14.3 Å². The zero-order valence-corrected chi connectivity index (χ0v) is 19.6. The molecule has 0 heterocycles. The first-order valence-electron chi connectivity index (χ1n) is 10.9. The molecule has 0 aliphatic carbocycles. The second-order valence-corrected chi connectivity index (χ2v) is 8.43. The van der Waals surface area contributed by atoms with Crippen molar-refractivity contribution in [1.82, 2.24) is 10.2 Å². The van der Waals surface area contributed by atoms with E-state index in [0.29, 0.717) is 36.2 Å². The van der Waals surface area contributed by atoms with Gasteiger partial charge in [-0.2, -0.15) is 0 Å². The average molecular weight is 445 g/mol. The topological polar surface area (TPSA) is 58.6 Å². The molecule has 0 spiro atoms. The van der Waals surface area contributed by atoms with Crippen molar-refractivity contribution in [1.29, 1.82) is 0 Å². The molecule has 0 bridgehead atoms. The molecule has 2 aromatic rings. The summed E-state index contributed by atoms with van der Waals surface area (Å²) in [6.45, 7) is 8.81. The quantitative estimate of drug-likeness (QED) is 0.538. The first-order valence-corrected chi connectivity index (χ1v) is 11.2. The Hall–Kier alpha value is -2.53. The van der Waals surface area contributed by atoms with Gasteiger partial charge in [0, 0.05) is 18.1 Å². The molecule has 0 saturated carbocycles. The molecule has 1 N–H and O–H groups in total. The number of nitrogens with zero attached hydrogens (tertiary/aromatic N) is 1. The van der Waals surface area contributed by atoms with Crippen molar-refractivity contribution in [3.05, 3.63) is 64.7 Å². The Labute approximate surface area is 190 Å². The number of carbonyl (C=O) groups is 2. The third-order valence-electron chi connectivity index (χ3n) is 5.03. The maximum absolute atomic E-state index is 13.1. The summed E-state index contributed by atoms with van der Waals surface area (Å²) < 4.78 is 5.73. The van der Waals surface area contributed by atoms with Crippen LogP contribution in [0.15, 0.2) is 48.5 Å². The van der Waals surface area contributed by atoms with Gasteiger partial charge < -0.3 is 15.0 Å². The largest absolute Gasteiger partial charge is 0.484 e. The molecule has 6 heteroatoms. The molecular formula is C25H33ClN2O3. The van der Waals surface area contributed by atoms with Crippen LogP contribution in [0.1, 0.15) is 45.2 Å². The van der Waals surface area contributed by atoms with Crippen LogP contribution in [0.25, 0.3) is 0 Å². The number of hydrogen-bond donors (Lipinski definition) is 1. The fraction of sp³-hybridized carbons (Fsp3) is 0.440. The molecule has 0 aromatic heterocycles. The summed E-state index contributed by atoms with van der Waals surface area (Å²) in [5.74, 6) is 0.581. The van der Waals surface area contributed by atoms with Gasteiger partial charge in [0.25, 0.3) is 5.91 Å². The monoisotopic (exact) mass is 444 g/mol. The van der Waals surface area contributed by atoms with Gasteiger partial charge in [0.05, 0.1) is 0 Å². The lowest BCUT2D eigenvalue weighted by Gasteiger charge is -2.30. The summed E-state index contributed by atoms with van der Waals surface area (Å²) in [6, 6.07) is 14.4. The second-order valence-electron chi connectivity index (χ2n) is 8.00. The molecule has 168 valence electrons. The smallest absolute Gasteiger partial charge is 0.261 e. The van der Waals surface area contributed by atoms with Crippen LogP contribution in [0.5, 0.6) is 5.75 Å². The molecule has 2 rings (SSSR count). The van der Waals surface area contributed by atoms with Gasteiger partial charge in [0.2, 0.25) is 5.91 Å². The standard InChI is InChI=1S/C25H33ClN2O3/c1-5-19-9-13-22(14-10-19)31-17-24(29)28(16-20-7-11-21(26)12-8-20)23(6-2)25(30)27-15-18(3)4/h7-14,18,23H,5-6,15-17H2,1-4H3,(H,27,30)/t23-/m1/s1. The highest BCUT2D eigenvalue weighted by Crippen LogP contribution is 2.17. The predicted octanol–water partition coefficient (Wildman–Crippen LogP) is 4.86. The SMILES string of the molecule is CCc1ccc(OCC(=O)N(Cc2ccc(Cl)cc2)[C@H](CC)C(=O)NCC(C)C)cc1. The molecule has 0 aliphatic rings. The van der Waals surface area contributed by atoms with E-state index in [1.807, 2.05) is 57.2 Å². The zero-order valence-electron chi connectivity index (χ0n) is 18.9. The Morgan fingerprint density at radius 1 is 1.00 bits per heavy atom. The first kappa shape index (κ1) is 24.7. The van der Waals surface area contributed by atoms with Crippen molar-refractivity contribution in [2.75, 3.05) is 13.2 Å². The van der Waals surface area contributed by atoms with Crippen LogP contribution in [0.2, 0.25) is 5.02 Å². The minimum absolute atomic E-state index is 0.132. The van der Waals surface area contributed by atoms with Gasteiger partial charge in [-0.3, -0.25) is 9.59 Å². The lowest BCUT2D eigenvalue weighted by molar-refractivity contribution is -0.143. The molecule has 5 nitrogen and oxygen atoms in total. The van der Waals surface area contributed by atoms with E-state index in [-0.39, 0.29) is 18.4 Å². The Morgan fingerprint density at radius 3 is 2.16 bits per heavy atom. The summed E-state index contributed by atoms with van der Waals surface area (Å²) in [5, 5.41) is 3.58. The number of aryl methyl sites for hydroxylation is 1. The fourth-order valence-electron chi connectivity index (χ4n) is 3.18. The Morgan fingerprint density at radius 2 is 1.61 bits per heavy atom. The van der Waals surface area contributed by atoms with E-state index in [9.17, 15) is 9.59 Å². The van der Waals surface area contributed by atoms with E-state index in [4.69, 9.17) is 16.3 Å². The van der Waals surface area contributed by atoms with Crippen molar-refractivity contribution in [2.45, 2.75) is 53.1 Å². The number of benzene rings is 2. The predicted molar refractivity (Wildman–Crippen MR) is 125 cm³/mol. The maximum atomic E-state index is 13.1. The molecule has 1 atom stereocenters. The number of ether oxygens (including phenoxy) is 1. The number of nitrogens with one attached hydrogen (secondary N) is 1. The van der Waals surface area contributed by atoms with E-state index in [1.165, 1.54) is 5.56 Å². The molecule has 0 aliphatic heterocycles. The normalized spacial score (nSPS) is 11.8. The van der Waals surface area contributed by atoms with Crippen LogP contribution in [0.3, 0.4) is 0 Å². The summed E-state index contributed by atoms with van der Waals surface area (Å²) in [6.07, 6.45) is 1.45. The number of hydrogen-bond acceptors (Lipinski definition) is 3. The number of rotatable bonds is 11. The number of halogens is 1. The number of amides is 2. The Kier molecular flexibility index (Phi) is 9.86. The van der Waals surface area contributed by atoms with Crippen LogP contribution in [-0.4, -0.2) is 35.9 Å². The minimum atomic E-state index is -0.576. The van der Waals surface area contributed by atoms with Gasteiger partial charge in [0.1, 0.15) is 11.8 Å². The first-order chi connectivity index (χ1) is 14.8. The van der Waals surface area contributed by atoms with Crippen molar-refractivity contribution in [2.24, 2.45) is 5.92 Å². The van der Waals surface area contributed by atoms with Crippen LogP contribution < -0.4 is 10.1 Å². The molecule has 0 unspecified atom stereocenters. The van der Waals surface area contributed by atoms with E-state index in [2.05, 4.69) is 12.2 Å². The third-order valence-corrected chi connectivity index (χ3v) is 5.28. The summed E-state index contributed by atoms with van der Waals surface area (Å²) in [4.78, 5) is 27.6. The summed E-state index contributed by atoms with van der Waals surface area (Å²) in [7, 11) is 0. The second kappa shape index (κ2) is 12.4. The fourth-order valence-corrected chi connectivity index (χ4v) is 3.30. The van der Waals surface area contributed by atoms with E-state index < -0.39 is 6.04 Å². The van der Waals surface area contributed by atoms with Crippen LogP contribution in [-0.2, 0) is 22.6 Å². The van der Waals surface area contributed by atoms with Gasteiger partial charge in [-0.1, -0.05) is 63.6 Å². The van der Waals surface area contributed by atoms with Gasteiger partial charge in [-0.05, 0) is 54.2 Å². The lowest BCUT2D eigenvalue weighted by atomic mass is 10.1. The van der Waals surface area contributed by atoms with Gasteiger partial charge in [0.15, 0.2) is 6.61 Å². The zero-order chi connectivity index (χ0) is 22.8. The van der Waals surface area contributed by atoms with E-state index >= 15 is 0 Å². The molecule has 0 radical (unpaired) electrons. The van der Waals surface area contributed by atoms with Crippen molar-refractivity contribution >= 4 is 23.4 Å². The number of carbonyl (C=O) groups excluding carboxylic acids is 2. The van der Waals surface area contributed by atoms with Gasteiger partial charge in [-0.25, -0.2) is 0 Å². The van der Waals surface area contributed by atoms with E-state index in [0.717, 1.165) is 12.0 Å². The summed E-state index contributed by atoms with van der Waals surface area (Å²) >= 11 is 6.00. The highest BCUT2D eigenvalue weighted by atomic mass is 35.5. The molecule has 31 heavy (non-hydrogen) atoms. The average Bonchev–Trinajstić information content (AvgIpc) is 2.77. The highest BCUT2D eigenvalue weighted by molar-refractivity contribution is 6.30. The van der Waals surface area contributed by atoms with Crippen LogP contribution in [0.4, 0.5) is 0 Å². The van der Waals surface area contributed by atoms with Crippen LogP contribution >= 0.6 is 11.6 Å². The Bertz CT molecular complexity index is 835. The lowest BCUT2D eigenvalue weighted by Crippen LogP contribution is -2.50. The highest BCUT2D eigenvalue weighted by Gasteiger charge is 2.29. The van der Waals surface area contributed by atoms with Crippen molar-refractivity contribution in [3.8, 4) is 5.75 Å². The van der Waals surface area contributed by atoms with Crippen molar-refractivity contribution in [3.63, 3.8) is 0 Å². The molecule has 2 aromatic carbocycles. The van der Waals surface area contributed by atoms with Gasteiger partial charge in [-0.15, -0.1) is 0 Å². The Balaban J connectivity index is 2.16. The minimum Gasteiger partial charge on any atom is -0.484 e. The summed E-state index contributed by atoms with van der Waals surface area (Å²) in [5.41, 5.74) is 2.11. The molecule has 2 amide bonds. The van der Waals surface area contributed by atoms with Crippen LogP contribution in [0, 0.1) is 5.92 Å². The van der Waals surface area contributed by atoms with Gasteiger partial charge >= 0.3 is 0 Å². The maximum Gasteiger partial charge on any atom is 0.261 e. The molecule has 0 saturated heterocycles. The molecule has 0 fully saturated rings.